The molecule has 0 unspecified atom stereocenters. The molecule has 13 nitrogen and oxygen atoms in total. The van der Waals surface area contributed by atoms with Gasteiger partial charge in [-0.25, -0.2) is 19.9 Å². The Morgan fingerprint density at radius 3 is 2.71 bits per heavy atom. The first-order valence-corrected chi connectivity index (χ1v) is 12.6. The summed E-state index contributed by atoms with van der Waals surface area (Å²) in [4.78, 5) is 39.1. The Kier molecular flexibility index (Phi) is 7.20. The highest BCUT2D eigenvalue weighted by atomic mass is 16.5. The van der Waals surface area contributed by atoms with E-state index < -0.39 is 0 Å². The number of likely N-dealkylation sites (N-methyl/N-ethyl adjacent to an activating group) is 1. The summed E-state index contributed by atoms with van der Waals surface area (Å²) in [6.07, 6.45) is 7.55. The van der Waals surface area contributed by atoms with E-state index in [0.29, 0.717) is 40.1 Å². The van der Waals surface area contributed by atoms with Gasteiger partial charge in [0, 0.05) is 51.2 Å². The number of fused-ring (bicyclic) bond motifs is 1. The maximum atomic E-state index is 13.3. The minimum absolute atomic E-state index is 0.0664. The molecule has 1 fully saturated rings. The summed E-state index contributed by atoms with van der Waals surface area (Å²) in [5.74, 6) is 1.22. The van der Waals surface area contributed by atoms with Crippen LogP contribution >= 0.6 is 0 Å². The maximum absolute atomic E-state index is 13.3. The number of nitrogens with one attached hydrogen (secondary N) is 3. The molecule has 0 saturated carbocycles. The fourth-order valence-corrected chi connectivity index (χ4v) is 4.76. The fourth-order valence-electron chi connectivity index (χ4n) is 4.76. The Morgan fingerprint density at radius 1 is 1.18 bits per heavy atom. The quantitative estimate of drug-likeness (QED) is 0.317. The lowest BCUT2D eigenvalue weighted by Crippen LogP contribution is -2.52. The molecule has 5 rings (SSSR count). The van der Waals surface area contributed by atoms with Gasteiger partial charge in [-0.3, -0.25) is 14.4 Å². The van der Waals surface area contributed by atoms with Crippen molar-refractivity contribution in [3.63, 3.8) is 0 Å². The van der Waals surface area contributed by atoms with Gasteiger partial charge in [-0.1, -0.05) is 6.92 Å². The van der Waals surface area contributed by atoms with E-state index in [4.69, 9.17) is 9.72 Å². The lowest BCUT2D eigenvalue weighted by atomic mass is 10.1. The van der Waals surface area contributed by atoms with Crippen LogP contribution in [-0.2, 0) is 11.8 Å². The largest absolute Gasteiger partial charge is 0.478 e. The van der Waals surface area contributed by atoms with Gasteiger partial charge in [0.25, 0.3) is 5.88 Å². The van der Waals surface area contributed by atoms with Gasteiger partial charge in [0.2, 0.25) is 11.9 Å². The summed E-state index contributed by atoms with van der Waals surface area (Å²) >= 11 is 0. The van der Waals surface area contributed by atoms with Gasteiger partial charge in [-0.15, -0.1) is 5.10 Å². The average Bonchev–Trinajstić information content (AvgIpc) is 3.50. The number of aromatic amines is 1. The molecule has 4 aromatic heterocycles. The molecule has 0 aliphatic carbocycles. The van der Waals surface area contributed by atoms with Crippen LogP contribution < -0.4 is 15.4 Å². The molecule has 0 aromatic carbocycles. The van der Waals surface area contributed by atoms with Crippen molar-refractivity contribution in [1.82, 2.24) is 44.5 Å². The lowest BCUT2D eigenvalue weighted by molar-refractivity contribution is -0.122. The van der Waals surface area contributed by atoms with Crippen molar-refractivity contribution in [1.29, 1.82) is 0 Å². The van der Waals surface area contributed by atoms with E-state index in [9.17, 15) is 4.79 Å². The molecule has 1 amide bonds. The number of hydrogen-bond donors (Lipinski definition) is 3. The van der Waals surface area contributed by atoms with Gasteiger partial charge in [-0.2, -0.15) is 0 Å². The summed E-state index contributed by atoms with van der Waals surface area (Å²) in [5.41, 5.74) is 4.32. The maximum Gasteiger partial charge on any atom is 0.256 e. The smallest absolute Gasteiger partial charge is 0.256 e. The molecule has 200 valence electrons. The van der Waals surface area contributed by atoms with E-state index in [-0.39, 0.29) is 11.9 Å². The van der Waals surface area contributed by atoms with Crippen LogP contribution in [0.5, 0.6) is 5.88 Å². The number of aromatic nitrogens is 7. The Balaban J connectivity index is 1.41. The average molecular weight is 520 g/mol. The van der Waals surface area contributed by atoms with Crippen LogP contribution in [0.3, 0.4) is 0 Å². The van der Waals surface area contributed by atoms with Crippen LogP contribution in [0.1, 0.15) is 18.9 Å². The van der Waals surface area contributed by atoms with E-state index >= 15 is 0 Å². The van der Waals surface area contributed by atoms with Gasteiger partial charge in [0.05, 0.1) is 25.0 Å². The van der Waals surface area contributed by atoms with Crippen LogP contribution in [0, 0.1) is 6.92 Å². The fraction of sp³-hybridized carbons (Fsp3) is 0.440. The molecule has 38 heavy (non-hydrogen) atoms. The van der Waals surface area contributed by atoms with E-state index in [1.165, 1.54) is 6.33 Å². The third kappa shape index (κ3) is 5.02. The van der Waals surface area contributed by atoms with Crippen molar-refractivity contribution in [3.8, 4) is 17.1 Å². The zero-order valence-corrected chi connectivity index (χ0v) is 22.3. The zero-order chi connectivity index (χ0) is 26.8. The second kappa shape index (κ2) is 10.7. The van der Waals surface area contributed by atoms with Crippen LogP contribution in [0.15, 0.2) is 24.9 Å². The minimum Gasteiger partial charge on any atom is -0.478 e. The second-order valence-corrected chi connectivity index (χ2v) is 9.48. The molecule has 1 aliphatic heterocycles. The first-order valence-electron chi connectivity index (χ1n) is 12.6. The number of methoxy groups -OCH3 is 1. The van der Waals surface area contributed by atoms with Gasteiger partial charge in [0.15, 0.2) is 5.82 Å². The highest BCUT2D eigenvalue weighted by Gasteiger charge is 2.28. The summed E-state index contributed by atoms with van der Waals surface area (Å²) in [7, 11) is 5.47. The zero-order valence-electron chi connectivity index (χ0n) is 22.3. The number of anilines is 3. The van der Waals surface area contributed by atoms with E-state index in [1.807, 2.05) is 27.1 Å². The number of H-pyrrole nitrogens is 1. The summed E-state index contributed by atoms with van der Waals surface area (Å²) in [6, 6.07) is -0.217. The van der Waals surface area contributed by atoms with Crippen molar-refractivity contribution in [2.24, 2.45) is 7.05 Å². The molecular formula is C25H33N11O2. The lowest BCUT2D eigenvalue weighted by Gasteiger charge is -2.36. The standard InChI is InChI=1S/C25H33N11O2/c1-6-18(36-9-7-34(3)8-10-36)23(37)32-22-21-20(28-14-29-22)16(12-26-21)19-15(2)11-27-25(31-19)30-17-13-35(4)33-24(17)38-5/h11-14,18,26H,6-10H2,1-5H3,(H,27,30,31)(H,28,29,32,37)/t18-/m1/s1. The number of carbonyl (C=O) groups is 1. The molecule has 0 radical (unpaired) electrons. The third-order valence-electron chi connectivity index (χ3n) is 6.83. The normalized spacial score (nSPS) is 15.5. The number of rotatable bonds is 8. The molecule has 3 N–H and O–H groups in total. The highest BCUT2D eigenvalue weighted by molar-refractivity contribution is 6.03. The molecular weight excluding hydrogens is 486 g/mol. The van der Waals surface area contributed by atoms with Gasteiger partial charge >= 0.3 is 0 Å². The number of piperazine rings is 1. The molecule has 0 spiro atoms. The molecule has 1 saturated heterocycles. The van der Waals surface area contributed by atoms with Crippen molar-refractivity contribution >= 4 is 34.4 Å². The summed E-state index contributed by atoms with van der Waals surface area (Å²) in [6.45, 7) is 7.60. The third-order valence-corrected chi connectivity index (χ3v) is 6.83. The number of nitrogens with zero attached hydrogens (tertiary/aromatic N) is 8. The Morgan fingerprint density at radius 2 is 1.97 bits per heavy atom. The number of ether oxygens (including phenoxy) is 1. The SMILES string of the molecule is CC[C@H](C(=O)Nc1ncnc2c(-c3nc(Nc4cn(C)nc4OC)ncc3C)c[nH]c12)N1CCN(C)CC1. The first kappa shape index (κ1) is 25.5. The van der Waals surface area contributed by atoms with E-state index in [2.05, 4.69) is 52.5 Å². The first-order chi connectivity index (χ1) is 18.4. The molecule has 1 aliphatic rings. The van der Waals surface area contributed by atoms with Crippen LogP contribution in [0.2, 0.25) is 0 Å². The number of carbonyl (C=O) groups excluding carboxylic acids is 1. The second-order valence-electron chi connectivity index (χ2n) is 9.48. The monoisotopic (exact) mass is 519 g/mol. The number of aryl methyl sites for hydroxylation is 2. The van der Waals surface area contributed by atoms with Crippen LogP contribution in [0.4, 0.5) is 17.5 Å². The van der Waals surface area contributed by atoms with Crippen molar-refractivity contribution in [3.05, 3.63) is 30.5 Å². The Bertz CT molecular complexity index is 1440. The minimum atomic E-state index is -0.217. The summed E-state index contributed by atoms with van der Waals surface area (Å²) in [5, 5.41) is 10.5. The summed E-state index contributed by atoms with van der Waals surface area (Å²) < 4.78 is 6.97. The number of hydrogen-bond acceptors (Lipinski definition) is 10. The molecule has 1 atom stereocenters. The Labute approximate surface area is 220 Å². The van der Waals surface area contributed by atoms with Crippen molar-refractivity contribution < 1.29 is 9.53 Å². The Hall–Kier alpha value is -4.10. The van der Waals surface area contributed by atoms with Gasteiger partial charge in [0.1, 0.15) is 23.0 Å². The van der Waals surface area contributed by atoms with Gasteiger partial charge in [-0.05, 0) is 26.0 Å². The van der Waals surface area contributed by atoms with Crippen LogP contribution in [0.25, 0.3) is 22.3 Å². The van der Waals surface area contributed by atoms with Gasteiger partial charge < -0.3 is 25.3 Å². The number of amides is 1. The molecule has 0 bridgehead atoms. The van der Waals surface area contributed by atoms with Crippen LogP contribution in [-0.4, -0.2) is 96.8 Å². The predicted molar refractivity (Wildman–Crippen MR) is 144 cm³/mol. The van der Waals surface area contributed by atoms with E-state index in [0.717, 1.165) is 43.7 Å². The molecule has 4 aromatic rings. The molecule has 5 heterocycles. The van der Waals surface area contributed by atoms with Crippen molar-refractivity contribution in [2.75, 3.05) is 51.0 Å². The van der Waals surface area contributed by atoms with Crippen molar-refractivity contribution in [2.45, 2.75) is 26.3 Å². The molecule has 13 heteroatoms. The highest BCUT2D eigenvalue weighted by Crippen LogP contribution is 2.32. The topological polar surface area (TPSA) is 142 Å². The predicted octanol–water partition coefficient (Wildman–Crippen LogP) is 2.17. The van der Waals surface area contributed by atoms with E-state index in [1.54, 1.807) is 24.2 Å².